The van der Waals surface area contributed by atoms with Crippen LogP contribution in [0.25, 0.3) is 11.2 Å². The van der Waals surface area contributed by atoms with Crippen LogP contribution in [0.2, 0.25) is 0 Å². The highest BCUT2D eigenvalue weighted by atomic mass is 15.2. The molecule has 5 nitrogen and oxygen atoms in total. The summed E-state index contributed by atoms with van der Waals surface area (Å²) >= 11 is 0. The Balaban J connectivity index is 2.12. The molecule has 0 aromatic carbocycles. The molecule has 2 N–H and O–H groups in total. The molecule has 1 fully saturated rings. The van der Waals surface area contributed by atoms with E-state index in [1.54, 1.807) is 6.33 Å². The number of fused-ring (bicyclic) bond motifs is 1. The summed E-state index contributed by atoms with van der Waals surface area (Å²) in [5.41, 5.74) is 8.28. The van der Waals surface area contributed by atoms with Crippen molar-refractivity contribution < 1.29 is 0 Å². The van der Waals surface area contributed by atoms with Gasteiger partial charge in [-0.1, -0.05) is 12.2 Å². The van der Waals surface area contributed by atoms with E-state index in [-0.39, 0.29) is 6.04 Å². The van der Waals surface area contributed by atoms with Gasteiger partial charge in [0.2, 0.25) is 0 Å². The number of hydrogen-bond donors (Lipinski definition) is 1. The van der Waals surface area contributed by atoms with Crippen LogP contribution in [0.1, 0.15) is 12.5 Å². The maximum absolute atomic E-state index is 5.73. The summed E-state index contributed by atoms with van der Waals surface area (Å²) < 4.78 is 2.00. The number of nitrogen functional groups attached to an aromatic ring is 1. The molecule has 2 unspecified atom stereocenters. The van der Waals surface area contributed by atoms with Crippen molar-refractivity contribution in [3.05, 3.63) is 31.7 Å². The molecule has 0 spiro atoms. The fourth-order valence-electron chi connectivity index (χ4n) is 2.07. The number of anilines is 1. The topological polar surface area (TPSA) is 69.6 Å². The zero-order chi connectivity index (χ0) is 11.3. The number of aromatic nitrogens is 4. The molecular weight excluding hydrogens is 202 g/mol. The minimum Gasteiger partial charge on any atom is -0.382 e. The molecular formula is C11H12N5. The number of allylic oxidation sites excluding steroid dienone is 1. The second kappa shape index (κ2) is 3.04. The largest absolute Gasteiger partial charge is 0.382 e. The minimum atomic E-state index is 0.252. The van der Waals surface area contributed by atoms with E-state index in [0.717, 1.165) is 17.6 Å². The molecule has 1 radical (unpaired) electrons. The predicted molar refractivity (Wildman–Crippen MR) is 61.4 cm³/mol. The first-order valence-corrected chi connectivity index (χ1v) is 5.13. The second-order valence-electron chi connectivity index (χ2n) is 4.11. The number of nitrogens with two attached hydrogens (primary N) is 1. The predicted octanol–water partition coefficient (Wildman–Crippen LogP) is 1.36. The third-order valence-corrected chi connectivity index (χ3v) is 3.18. The summed E-state index contributed by atoms with van der Waals surface area (Å²) in [6.45, 7) is 8.01. The average Bonchev–Trinajstić information content (AvgIpc) is 2.70. The molecule has 1 aliphatic carbocycles. The zero-order valence-electron chi connectivity index (χ0n) is 8.80. The van der Waals surface area contributed by atoms with E-state index in [1.165, 1.54) is 6.33 Å². The Kier molecular flexibility index (Phi) is 1.77. The van der Waals surface area contributed by atoms with Gasteiger partial charge < -0.3 is 10.3 Å². The smallest absolute Gasteiger partial charge is 0.165 e. The summed E-state index contributed by atoms with van der Waals surface area (Å²) in [6.07, 6.45) is 4.19. The molecule has 2 heterocycles. The number of rotatable bonds is 1. The highest BCUT2D eigenvalue weighted by Crippen LogP contribution is 2.42. The van der Waals surface area contributed by atoms with Crippen LogP contribution in [-0.4, -0.2) is 19.5 Å². The van der Waals surface area contributed by atoms with Crippen LogP contribution < -0.4 is 5.73 Å². The summed E-state index contributed by atoms with van der Waals surface area (Å²) in [4.78, 5) is 12.4. The summed E-state index contributed by atoms with van der Waals surface area (Å²) in [6, 6.07) is 0.252. The second-order valence-corrected chi connectivity index (χ2v) is 4.11. The van der Waals surface area contributed by atoms with Crippen molar-refractivity contribution in [3.8, 4) is 0 Å². The van der Waals surface area contributed by atoms with Gasteiger partial charge in [0.15, 0.2) is 11.5 Å². The highest BCUT2D eigenvalue weighted by Gasteiger charge is 2.32. The van der Waals surface area contributed by atoms with Crippen molar-refractivity contribution >= 4 is 17.0 Å². The van der Waals surface area contributed by atoms with Crippen LogP contribution in [0, 0.1) is 12.8 Å². The van der Waals surface area contributed by atoms with Gasteiger partial charge in [0.1, 0.15) is 11.8 Å². The van der Waals surface area contributed by atoms with Crippen molar-refractivity contribution in [1.82, 2.24) is 19.5 Å². The number of nitrogens with zero attached hydrogens (tertiary/aromatic N) is 4. The van der Waals surface area contributed by atoms with Crippen LogP contribution in [0.4, 0.5) is 5.82 Å². The Hall–Kier alpha value is -1.91. The van der Waals surface area contributed by atoms with Gasteiger partial charge in [-0.3, -0.25) is 0 Å². The van der Waals surface area contributed by atoms with Gasteiger partial charge in [-0.25, -0.2) is 15.0 Å². The average molecular weight is 214 g/mol. The van der Waals surface area contributed by atoms with Crippen LogP contribution >= 0.6 is 0 Å². The van der Waals surface area contributed by atoms with Crippen molar-refractivity contribution in [2.24, 2.45) is 5.92 Å². The zero-order valence-corrected chi connectivity index (χ0v) is 8.80. The lowest BCUT2D eigenvalue weighted by Gasteiger charge is -2.36. The van der Waals surface area contributed by atoms with E-state index in [9.17, 15) is 0 Å². The molecule has 16 heavy (non-hydrogen) atoms. The van der Waals surface area contributed by atoms with Crippen LogP contribution in [0.5, 0.6) is 0 Å². The molecule has 3 rings (SSSR count). The van der Waals surface area contributed by atoms with E-state index >= 15 is 0 Å². The molecule has 2 atom stereocenters. The normalized spacial score (nSPS) is 24.7. The molecule has 0 saturated heterocycles. The lowest BCUT2D eigenvalue weighted by Crippen LogP contribution is -2.27. The van der Waals surface area contributed by atoms with Crippen LogP contribution in [0.3, 0.4) is 0 Å². The minimum absolute atomic E-state index is 0.252. The third kappa shape index (κ3) is 1.08. The molecule has 81 valence electrons. The monoisotopic (exact) mass is 214 g/mol. The Bertz CT molecular complexity index is 571. The van der Waals surface area contributed by atoms with Gasteiger partial charge in [0, 0.05) is 0 Å². The standard InChI is InChI=1S/C11H12N5/c1-6-3-8(7(6)2)16-5-15-9-10(12)13-4-14-11(9)16/h4-6,8H,1-3H2,(H2,12,13,14). The summed E-state index contributed by atoms with van der Waals surface area (Å²) in [5, 5.41) is 0. The molecule has 1 saturated carbocycles. The lowest BCUT2D eigenvalue weighted by molar-refractivity contribution is 0.365. The van der Waals surface area contributed by atoms with Gasteiger partial charge in [-0.2, -0.15) is 0 Å². The van der Waals surface area contributed by atoms with Crippen molar-refractivity contribution in [2.45, 2.75) is 12.5 Å². The Morgan fingerprint density at radius 2 is 2.19 bits per heavy atom. The van der Waals surface area contributed by atoms with Gasteiger partial charge in [-0.05, 0) is 19.3 Å². The maximum Gasteiger partial charge on any atom is 0.165 e. The van der Waals surface area contributed by atoms with E-state index in [4.69, 9.17) is 5.73 Å². The van der Waals surface area contributed by atoms with E-state index in [2.05, 4.69) is 28.5 Å². The lowest BCUT2D eigenvalue weighted by atomic mass is 9.77. The van der Waals surface area contributed by atoms with Crippen LogP contribution in [0.15, 0.2) is 24.8 Å². The summed E-state index contributed by atoms with van der Waals surface area (Å²) in [7, 11) is 0. The summed E-state index contributed by atoms with van der Waals surface area (Å²) in [5.74, 6) is 0.751. The first-order chi connectivity index (χ1) is 7.68. The molecule has 0 amide bonds. The van der Waals surface area contributed by atoms with Crippen molar-refractivity contribution in [2.75, 3.05) is 5.73 Å². The molecule has 0 bridgehead atoms. The van der Waals surface area contributed by atoms with Crippen LogP contribution in [-0.2, 0) is 0 Å². The van der Waals surface area contributed by atoms with Crippen molar-refractivity contribution in [1.29, 1.82) is 0 Å². The fraction of sp³-hybridized carbons (Fsp3) is 0.273. The van der Waals surface area contributed by atoms with Gasteiger partial charge in [0.05, 0.1) is 12.4 Å². The Labute approximate surface area is 93.0 Å². The first kappa shape index (κ1) is 9.33. The quantitative estimate of drug-likeness (QED) is 0.728. The molecule has 0 aliphatic heterocycles. The van der Waals surface area contributed by atoms with E-state index in [1.807, 2.05) is 4.57 Å². The molecule has 2 aromatic heterocycles. The maximum atomic E-state index is 5.73. The van der Waals surface area contributed by atoms with E-state index in [0.29, 0.717) is 17.3 Å². The SMILES string of the molecule is [CH2]C1CC(n2cnc3c(N)ncnc32)C1=C. The Morgan fingerprint density at radius 1 is 1.38 bits per heavy atom. The highest BCUT2D eigenvalue weighted by molar-refractivity contribution is 5.81. The number of hydrogen-bond acceptors (Lipinski definition) is 4. The third-order valence-electron chi connectivity index (χ3n) is 3.18. The van der Waals surface area contributed by atoms with Crippen molar-refractivity contribution in [3.63, 3.8) is 0 Å². The first-order valence-electron chi connectivity index (χ1n) is 5.13. The molecule has 2 aromatic rings. The fourth-order valence-corrected chi connectivity index (χ4v) is 2.07. The Morgan fingerprint density at radius 3 is 2.88 bits per heavy atom. The van der Waals surface area contributed by atoms with Gasteiger partial charge in [-0.15, -0.1) is 0 Å². The number of imidazole rings is 1. The molecule has 1 aliphatic rings. The molecule has 5 heteroatoms. The van der Waals surface area contributed by atoms with E-state index < -0.39 is 0 Å². The van der Waals surface area contributed by atoms with Gasteiger partial charge >= 0.3 is 0 Å². The van der Waals surface area contributed by atoms with Gasteiger partial charge in [0.25, 0.3) is 0 Å².